The highest BCUT2D eigenvalue weighted by molar-refractivity contribution is 5.73. The van der Waals surface area contributed by atoms with E-state index >= 15 is 0 Å². The van der Waals surface area contributed by atoms with Crippen molar-refractivity contribution in [2.45, 2.75) is 58.8 Å². The topological polar surface area (TPSA) is 46.5 Å². The molecule has 0 aromatic heterocycles. The number of carboxylic acid groups (broad SMARTS) is 1. The number of hydrogen-bond donors (Lipinski definition) is 1. The summed E-state index contributed by atoms with van der Waals surface area (Å²) in [6.07, 6.45) is 7.03. The molecule has 3 heteroatoms. The lowest BCUT2D eigenvalue weighted by Crippen LogP contribution is -2.23. The van der Waals surface area contributed by atoms with Gasteiger partial charge < -0.3 is 9.84 Å². The smallest absolute Gasteiger partial charge is 0.309 e. The third kappa shape index (κ3) is 7.86. The first-order valence-corrected chi connectivity index (χ1v) is 9.96. The molecule has 0 unspecified atom stereocenters. The van der Waals surface area contributed by atoms with Crippen LogP contribution in [0.3, 0.4) is 0 Å². The first-order valence-electron chi connectivity index (χ1n) is 9.96. The van der Waals surface area contributed by atoms with Crippen LogP contribution in [0.2, 0.25) is 0 Å². The van der Waals surface area contributed by atoms with Crippen LogP contribution in [0.25, 0.3) is 0 Å². The lowest BCUT2D eigenvalue weighted by Gasteiger charge is -2.18. The van der Waals surface area contributed by atoms with Crippen LogP contribution in [-0.4, -0.2) is 17.7 Å². The summed E-state index contributed by atoms with van der Waals surface area (Å²) in [5, 5.41) is 9.11. The zero-order chi connectivity index (χ0) is 19.5. The summed E-state index contributed by atoms with van der Waals surface area (Å²) in [6.45, 7) is 4.18. The Bertz CT molecular complexity index is 675. The molecule has 27 heavy (non-hydrogen) atoms. The fraction of sp³-hybridized carbons (Fsp3) is 0.458. The summed E-state index contributed by atoms with van der Waals surface area (Å²) < 4.78 is 5.77. The van der Waals surface area contributed by atoms with Gasteiger partial charge in [0.15, 0.2) is 0 Å². The van der Waals surface area contributed by atoms with Crippen molar-refractivity contribution < 1.29 is 14.6 Å². The number of unbranched alkanes of at least 4 members (excludes halogenated alkanes) is 2. The van der Waals surface area contributed by atoms with E-state index in [1.165, 1.54) is 24.0 Å². The van der Waals surface area contributed by atoms with Gasteiger partial charge in [-0.3, -0.25) is 4.79 Å². The predicted octanol–water partition coefficient (Wildman–Crippen LogP) is 5.91. The third-order valence-corrected chi connectivity index (χ3v) is 4.99. The van der Waals surface area contributed by atoms with Gasteiger partial charge in [0, 0.05) is 0 Å². The minimum absolute atomic E-state index is 0.631. The van der Waals surface area contributed by atoms with E-state index in [0.717, 1.165) is 31.4 Å². The molecule has 2 rings (SSSR count). The van der Waals surface area contributed by atoms with Gasteiger partial charge in [0.2, 0.25) is 0 Å². The summed E-state index contributed by atoms with van der Waals surface area (Å²) in [7, 11) is 0. The molecule has 0 saturated carbocycles. The summed E-state index contributed by atoms with van der Waals surface area (Å²) in [5.41, 5.74) is 2.11. The Balaban J connectivity index is 1.60. The Labute approximate surface area is 163 Å². The van der Waals surface area contributed by atoms with Crippen LogP contribution >= 0.6 is 0 Å². The summed E-state index contributed by atoms with van der Waals surface area (Å²) in [6, 6.07) is 19.0. The van der Waals surface area contributed by atoms with E-state index in [1.54, 1.807) is 13.8 Å². The molecule has 2 aromatic rings. The van der Waals surface area contributed by atoms with E-state index in [1.807, 2.05) is 12.1 Å². The molecular weight excluding hydrogens is 336 g/mol. The van der Waals surface area contributed by atoms with Crippen LogP contribution in [-0.2, 0) is 17.6 Å². The predicted molar refractivity (Wildman–Crippen MR) is 110 cm³/mol. The molecule has 3 nitrogen and oxygen atoms in total. The van der Waals surface area contributed by atoms with Crippen molar-refractivity contribution in [1.82, 2.24) is 0 Å². The van der Waals surface area contributed by atoms with Crippen LogP contribution in [0.4, 0.5) is 0 Å². The Morgan fingerprint density at radius 3 is 2.04 bits per heavy atom. The fourth-order valence-corrected chi connectivity index (χ4v) is 3.02. The largest absolute Gasteiger partial charge is 0.494 e. The van der Waals surface area contributed by atoms with Crippen molar-refractivity contribution in [2.24, 2.45) is 5.41 Å². The molecule has 0 atom stereocenters. The molecular formula is C24H32O3. The van der Waals surface area contributed by atoms with Crippen molar-refractivity contribution in [3.8, 4) is 5.75 Å². The molecule has 0 aliphatic rings. The quantitative estimate of drug-likeness (QED) is 0.474. The molecule has 0 heterocycles. The van der Waals surface area contributed by atoms with Crippen LogP contribution in [0.15, 0.2) is 54.6 Å². The maximum absolute atomic E-state index is 11.1. The lowest BCUT2D eigenvalue weighted by atomic mass is 9.87. The van der Waals surface area contributed by atoms with Crippen LogP contribution in [0.1, 0.15) is 57.1 Å². The monoisotopic (exact) mass is 368 g/mol. The molecule has 1 N–H and O–H groups in total. The van der Waals surface area contributed by atoms with Gasteiger partial charge in [-0.05, 0) is 82.1 Å². The molecule has 0 aliphatic carbocycles. The SMILES string of the molecule is CC(C)(CCCCOc1ccc(CCCCc2ccccc2)cc1)C(=O)O. The van der Waals surface area contributed by atoms with E-state index in [9.17, 15) is 4.79 Å². The van der Waals surface area contributed by atoms with E-state index in [4.69, 9.17) is 9.84 Å². The van der Waals surface area contributed by atoms with Gasteiger partial charge in [0.25, 0.3) is 0 Å². The van der Waals surface area contributed by atoms with E-state index in [-0.39, 0.29) is 0 Å². The molecule has 0 aliphatic heterocycles. The number of aryl methyl sites for hydroxylation is 2. The molecule has 0 fully saturated rings. The number of benzene rings is 2. The Morgan fingerprint density at radius 2 is 1.44 bits per heavy atom. The minimum atomic E-state index is -0.734. The van der Waals surface area contributed by atoms with Crippen molar-refractivity contribution in [3.05, 3.63) is 65.7 Å². The zero-order valence-corrected chi connectivity index (χ0v) is 16.6. The van der Waals surface area contributed by atoms with Crippen molar-refractivity contribution in [2.75, 3.05) is 6.61 Å². The molecule has 0 radical (unpaired) electrons. The third-order valence-electron chi connectivity index (χ3n) is 4.99. The number of carboxylic acids is 1. The maximum atomic E-state index is 11.1. The van der Waals surface area contributed by atoms with Gasteiger partial charge in [-0.25, -0.2) is 0 Å². The van der Waals surface area contributed by atoms with Gasteiger partial charge in [-0.15, -0.1) is 0 Å². The highest BCUT2D eigenvalue weighted by Gasteiger charge is 2.25. The second-order valence-corrected chi connectivity index (χ2v) is 7.83. The number of aliphatic carboxylic acids is 1. The van der Waals surface area contributed by atoms with Crippen LogP contribution in [0.5, 0.6) is 5.75 Å². The van der Waals surface area contributed by atoms with E-state index in [2.05, 4.69) is 42.5 Å². The molecule has 2 aromatic carbocycles. The van der Waals surface area contributed by atoms with Crippen LogP contribution < -0.4 is 4.74 Å². The summed E-state index contributed by atoms with van der Waals surface area (Å²) in [4.78, 5) is 11.1. The first kappa shape index (κ1) is 21.0. The van der Waals surface area contributed by atoms with E-state index in [0.29, 0.717) is 13.0 Å². The Kier molecular flexibility index (Phi) is 8.38. The van der Waals surface area contributed by atoms with Gasteiger partial charge >= 0.3 is 5.97 Å². The second kappa shape index (κ2) is 10.8. The van der Waals surface area contributed by atoms with Crippen molar-refractivity contribution in [1.29, 1.82) is 0 Å². The molecule has 0 amide bonds. The number of rotatable bonds is 12. The highest BCUT2D eigenvalue weighted by Crippen LogP contribution is 2.23. The average molecular weight is 369 g/mol. The van der Waals surface area contributed by atoms with Gasteiger partial charge in [0.1, 0.15) is 5.75 Å². The van der Waals surface area contributed by atoms with Crippen molar-refractivity contribution >= 4 is 5.97 Å². The Morgan fingerprint density at radius 1 is 0.852 bits per heavy atom. The average Bonchev–Trinajstić information content (AvgIpc) is 2.66. The number of ether oxygens (including phenoxy) is 1. The van der Waals surface area contributed by atoms with Crippen molar-refractivity contribution in [3.63, 3.8) is 0 Å². The molecule has 0 bridgehead atoms. The Hall–Kier alpha value is -2.29. The van der Waals surface area contributed by atoms with Gasteiger partial charge in [-0.2, -0.15) is 0 Å². The zero-order valence-electron chi connectivity index (χ0n) is 16.6. The normalized spacial score (nSPS) is 11.3. The van der Waals surface area contributed by atoms with E-state index < -0.39 is 11.4 Å². The maximum Gasteiger partial charge on any atom is 0.309 e. The molecule has 146 valence electrons. The lowest BCUT2D eigenvalue weighted by molar-refractivity contribution is -0.147. The highest BCUT2D eigenvalue weighted by atomic mass is 16.5. The van der Waals surface area contributed by atoms with Gasteiger partial charge in [-0.1, -0.05) is 42.5 Å². The number of carbonyl (C=O) groups is 1. The summed E-state index contributed by atoms with van der Waals surface area (Å²) >= 11 is 0. The number of hydrogen-bond acceptors (Lipinski definition) is 2. The minimum Gasteiger partial charge on any atom is -0.494 e. The standard InChI is InChI=1S/C24H32O3/c1-24(2,23(25)26)18-8-9-19-27-22-16-14-21(15-17-22)13-7-6-12-20-10-4-3-5-11-20/h3-5,10-11,14-17H,6-9,12-13,18-19H2,1-2H3,(H,25,26). The second-order valence-electron chi connectivity index (χ2n) is 7.83. The first-order chi connectivity index (χ1) is 13.0. The molecule has 0 saturated heterocycles. The molecule has 0 spiro atoms. The van der Waals surface area contributed by atoms with Gasteiger partial charge in [0.05, 0.1) is 12.0 Å². The summed E-state index contributed by atoms with van der Waals surface area (Å²) in [5.74, 6) is 0.156. The fourth-order valence-electron chi connectivity index (χ4n) is 3.02. The van der Waals surface area contributed by atoms with Crippen LogP contribution in [0, 0.1) is 5.41 Å².